The Morgan fingerprint density at radius 2 is 1.71 bits per heavy atom. The lowest BCUT2D eigenvalue weighted by atomic mass is 9.76. The van der Waals surface area contributed by atoms with Crippen molar-refractivity contribution < 1.29 is 13.2 Å². The van der Waals surface area contributed by atoms with E-state index in [4.69, 9.17) is 5.73 Å². The Morgan fingerprint density at radius 3 is 2.24 bits per heavy atom. The normalized spacial score (nSPS) is 22.4. The summed E-state index contributed by atoms with van der Waals surface area (Å²) in [5, 5.41) is 0. The molecule has 0 aromatic heterocycles. The summed E-state index contributed by atoms with van der Waals surface area (Å²) in [5.41, 5.74) is 6.47. The Bertz CT molecular complexity index is 419. The Labute approximate surface area is 98.8 Å². The van der Waals surface area contributed by atoms with Gasteiger partial charge >= 0.3 is 0 Å². The first-order valence-electron chi connectivity index (χ1n) is 5.76. The maximum Gasteiger partial charge on any atom is 0.248 e. The fourth-order valence-electron chi connectivity index (χ4n) is 2.25. The third-order valence-corrected chi connectivity index (χ3v) is 3.62. The van der Waals surface area contributed by atoms with Crippen molar-refractivity contribution in [2.75, 3.05) is 0 Å². The zero-order chi connectivity index (χ0) is 12.7. The number of nitrogens with two attached hydrogens (primary N) is 1. The average Bonchev–Trinajstić information content (AvgIpc) is 2.27. The molecule has 4 heteroatoms. The predicted molar refractivity (Wildman–Crippen MR) is 60.4 cm³/mol. The molecule has 1 aromatic carbocycles. The lowest BCUT2D eigenvalue weighted by molar-refractivity contribution is -0.0514. The molecule has 1 fully saturated rings. The van der Waals surface area contributed by atoms with Crippen LogP contribution in [0.25, 0.3) is 0 Å². The number of hydrogen-bond acceptors (Lipinski definition) is 1. The maximum absolute atomic E-state index is 13.5. The van der Waals surface area contributed by atoms with Gasteiger partial charge in [0.1, 0.15) is 5.82 Å². The molecule has 0 atom stereocenters. The van der Waals surface area contributed by atoms with E-state index in [9.17, 15) is 13.2 Å². The zero-order valence-corrected chi connectivity index (χ0v) is 9.77. The van der Waals surface area contributed by atoms with Crippen LogP contribution in [0, 0.1) is 12.7 Å². The van der Waals surface area contributed by atoms with Gasteiger partial charge in [0.15, 0.2) is 0 Å². The van der Waals surface area contributed by atoms with E-state index in [1.807, 2.05) is 0 Å². The van der Waals surface area contributed by atoms with Crippen LogP contribution in [0.1, 0.15) is 36.8 Å². The van der Waals surface area contributed by atoms with Gasteiger partial charge in [-0.2, -0.15) is 0 Å². The summed E-state index contributed by atoms with van der Waals surface area (Å²) >= 11 is 0. The van der Waals surface area contributed by atoms with Crippen LogP contribution in [0.5, 0.6) is 0 Å². The van der Waals surface area contributed by atoms with Crippen LogP contribution in [0.15, 0.2) is 18.2 Å². The molecule has 0 bridgehead atoms. The molecule has 0 unspecified atom stereocenters. The largest absolute Gasteiger partial charge is 0.321 e. The van der Waals surface area contributed by atoms with Crippen molar-refractivity contribution in [1.82, 2.24) is 0 Å². The van der Waals surface area contributed by atoms with Crippen LogP contribution in [0.4, 0.5) is 13.2 Å². The van der Waals surface area contributed by atoms with Gasteiger partial charge in [-0.1, -0.05) is 12.1 Å². The van der Waals surface area contributed by atoms with Gasteiger partial charge in [-0.3, -0.25) is 0 Å². The van der Waals surface area contributed by atoms with Gasteiger partial charge in [0.25, 0.3) is 0 Å². The molecule has 1 aromatic rings. The topological polar surface area (TPSA) is 26.0 Å². The summed E-state index contributed by atoms with van der Waals surface area (Å²) in [6, 6.07) is 4.76. The number of alkyl halides is 2. The Balaban J connectivity index is 2.24. The summed E-state index contributed by atoms with van der Waals surface area (Å²) in [6.45, 7) is 1.66. The smallest absolute Gasteiger partial charge is 0.248 e. The Kier molecular flexibility index (Phi) is 2.94. The van der Waals surface area contributed by atoms with Crippen molar-refractivity contribution in [3.63, 3.8) is 0 Å². The average molecular weight is 243 g/mol. The van der Waals surface area contributed by atoms with Gasteiger partial charge in [-0.05, 0) is 37.0 Å². The van der Waals surface area contributed by atoms with Crippen LogP contribution < -0.4 is 5.73 Å². The number of hydrogen-bond donors (Lipinski definition) is 1. The Hall–Kier alpha value is -1.03. The molecule has 0 radical (unpaired) electrons. The standard InChI is InChI=1S/C13H16F3N/c1-9-2-3-10(8-11(9)14)12(17)4-6-13(15,16)7-5-12/h2-3,8H,4-7,17H2,1H3. The van der Waals surface area contributed by atoms with E-state index in [1.165, 1.54) is 6.07 Å². The van der Waals surface area contributed by atoms with Gasteiger partial charge in [0, 0.05) is 18.4 Å². The van der Waals surface area contributed by atoms with E-state index in [0.29, 0.717) is 11.1 Å². The van der Waals surface area contributed by atoms with E-state index in [0.717, 1.165) is 0 Å². The summed E-state index contributed by atoms with van der Waals surface area (Å²) in [4.78, 5) is 0. The van der Waals surface area contributed by atoms with Gasteiger partial charge in [-0.15, -0.1) is 0 Å². The molecule has 2 N–H and O–H groups in total. The Morgan fingerprint density at radius 1 is 1.12 bits per heavy atom. The van der Waals surface area contributed by atoms with E-state index < -0.39 is 11.5 Å². The first-order valence-corrected chi connectivity index (χ1v) is 5.76. The molecule has 0 saturated heterocycles. The fraction of sp³-hybridized carbons (Fsp3) is 0.538. The summed E-state index contributed by atoms with van der Waals surface area (Å²) in [6.07, 6.45) is -0.0526. The molecule has 1 aliphatic rings. The lowest BCUT2D eigenvalue weighted by Gasteiger charge is -2.37. The summed E-state index contributed by atoms with van der Waals surface area (Å²) < 4.78 is 39.6. The third-order valence-electron chi connectivity index (χ3n) is 3.62. The van der Waals surface area contributed by atoms with Crippen molar-refractivity contribution in [2.24, 2.45) is 5.73 Å². The molecular weight excluding hydrogens is 227 g/mol. The van der Waals surface area contributed by atoms with Crippen LogP contribution >= 0.6 is 0 Å². The van der Waals surface area contributed by atoms with Crippen LogP contribution in [-0.2, 0) is 5.54 Å². The maximum atomic E-state index is 13.5. The quantitative estimate of drug-likeness (QED) is 0.802. The predicted octanol–water partition coefficient (Wildman–Crippen LogP) is 3.50. The van der Waals surface area contributed by atoms with Crippen LogP contribution in [0.2, 0.25) is 0 Å². The summed E-state index contributed by atoms with van der Waals surface area (Å²) in [7, 11) is 0. The van der Waals surface area contributed by atoms with Crippen molar-refractivity contribution >= 4 is 0 Å². The number of aryl methyl sites for hydroxylation is 1. The summed E-state index contributed by atoms with van der Waals surface area (Å²) in [5.74, 6) is -2.95. The monoisotopic (exact) mass is 243 g/mol. The molecule has 17 heavy (non-hydrogen) atoms. The third kappa shape index (κ3) is 2.46. The van der Waals surface area contributed by atoms with Crippen molar-refractivity contribution in [1.29, 1.82) is 0 Å². The van der Waals surface area contributed by atoms with Crippen molar-refractivity contribution in [3.8, 4) is 0 Å². The molecule has 2 rings (SSSR count). The SMILES string of the molecule is Cc1ccc(C2(N)CCC(F)(F)CC2)cc1F. The molecule has 0 heterocycles. The number of halogens is 3. The van der Waals surface area contributed by atoms with E-state index in [-0.39, 0.29) is 31.5 Å². The zero-order valence-electron chi connectivity index (χ0n) is 9.77. The van der Waals surface area contributed by atoms with Crippen LogP contribution in [-0.4, -0.2) is 5.92 Å². The minimum absolute atomic E-state index is 0.197. The molecule has 0 amide bonds. The molecular formula is C13H16F3N. The minimum Gasteiger partial charge on any atom is -0.321 e. The van der Waals surface area contributed by atoms with Crippen molar-refractivity contribution in [2.45, 2.75) is 44.1 Å². The second-order valence-corrected chi connectivity index (χ2v) is 4.98. The van der Waals surface area contributed by atoms with Gasteiger partial charge in [0.2, 0.25) is 5.92 Å². The van der Waals surface area contributed by atoms with Gasteiger partial charge in [-0.25, -0.2) is 13.2 Å². The van der Waals surface area contributed by atoms with E-state index in [2.05, 4.69) is 0 Å². The molecule has 0 aliphatic heterocycles. The van der Waals surface area contributed by atoms with E-state index in [1.54, 1.807) is 19.1 Å². The van der Waals surface area contributed by atoms with Gasteiger partial charge < -0.3 is 5.73 Å². The molecule has 94 valence electrons. The highest BCUT2D eigenvalue weighted by Crippen LogP contribution is 2.42. The first-order chi connectivity index (χ1) is 7.82. The highest BCUT2D eigenvalue weighted by molar-refractivity contribution is 5.29. The number of benzene rings is 1. The molecule has 1 nitrogen and oxygen atoms in total. The molecule has 1 saturated carbocycles. The van der Waals surface area contributed by atoms with E-state index >= 15 is 0 Å². The molecule has 1 aliphatic carbocycles. The fourth-order valence-corrected chi connectivity index (χ4v) is 2.25. The number of rotatable bonds is 1. The first kappa shape index (κ1) is 12.4. The van der Waals surface area contributed by atoms with Gasteiger partial charge in [0.05, 0.1) is 0 Å². The highest BCUT2D eigenvalue weighted by atomic mass is 19.3. The lowest BCUT2D eigenvalue weighted by Crippen LogP contribution is -2.43. The van der Waals surface area contributed by atoms with Crippen molar-refractivity contribution in [3.05, 3.63) is 35.1 Å². The highest BCUT2D eigenvalue weighted by Gasteiger charge is 2.42. The second kappa shape index (κ2) is 4.02. The van der Waals surface area contributed by atoms with Crippen LogP contribution in [0.3, 0.4) is 0 Å². The minimum atomic E-state index is -2.62. The second-order valence-electron chi connectivity index (χ2n) is 4.98. The molecule has 0 spiro atoms.